The van der Waals surface area contributed by atoms with Crippen LogP contribution in [-0.4, -0.2) is 42.5 Å². The minimum atomic E-state index is 0.101. The van der Waals surface area contributed by atoms with Gasteiger partial charge in [-0.15, -0.1) is 0 Å². The lowest BCUT2D eigenvalue weighted by Gasteiger charge is -2.19. The number of H-pyrrole nitrogens is 1. The molecule has 2 N–H and O–H groups in total. The van der Waals surface area contributed by atoms with E-state index < -0.39 is 0 Å². The lowest BCUT2D eigenvalue weighted by molar-refractivity contribution is -0.121. The molecule has 4 heteroatoms. The molecule has 0 saturated heterocycles. The Morgan fingerprint density at radius 3 is 2.59 bits per heavy atom. The summed E-state index contributed by atoms with van der Waals surface area (Å²) in [4.78, 5) is 17.4. The summed E-state index contributed by atoms with van der Waals surface area (Å²) in [5.74, 6) is 0.101. The molecule has 1 heterocycles. The molecule has 118 valence electrons. The molecule has 0 radical (unpaired) electrons. The standard InChI is InChI=1S/C18H25N3O/c1-14(21(2)3)13-19-18(22)12-10-16-9-11-17(20-16)15-7-5-4-6-8-15/h4-9,11,14,20H,10,12-13H2,1-3H3,(H,19,22). The molecule has 1 amide bonds. The number of aromatic nitrogens is 1. The summed E-state index contributed by atoms with van der Waals surface area (Å²) in [7, 11) is 4.03. The van der Waals surface area contributed by atoms with Gasteiger partial charge in [-0.1, -0.05) is 30.3 Å². The van der Waals surface area contributed by atoms with E-state index >= 15 is 0 Å². The summed E-state index contributed by atoms with van der Waals surface area (Å²) in [6.07, 6.45) is 1.24. The van der Waals surface area contributed by atoms with E-state index in [0.717, 1.165) is 23.4 Å². The Morgan fingerprint density at radius 1 is 1.18 bits per heavy atom. The van der Waals surface area contributed by atoms with Crippen LogP contribution in [-0.2, 0) is 11.2 Å². The fraction of sp³-hybridized carbons (Fsp3) is 0.389. The summed E-state index contributed by atoms with van der Waals surface area (Å²) >= 11 is 0. The van der Waals surface area contributed by atoms with Crippen molar-refractivity contribution < 1.29 is 4.79 Å². The Hall–Kier alpha value is -2.07. The molecule has 1 aromatic heterocycles. The summed E-state index contributed by atoms with van der Waals surface area (Å²) in [5.41, 5.74) is 3.35. The molecule has 0 spiro atoms. The van der Waals surface area contributed by atoms with Crippen molar-refractivity contribution >= 4 is 5.91 Å². The molecule has 0 aliphatic heterocycles. The van der Waals surface area contributed by atoms with Crippen LogP contribution in [0, 0.1) is 0 Å². The number of benzene rings is 1. The fourth-order valence-electron chi connectivity index (χ4n) is 2.15. The van der Waals surface area contributed by atoms with Crippen LogP contribution in [0.1, 0.15) is 19.0 Å². The zero-order chi connectivity index (χ0) is 15.9. The van der Waals surface area contributed by atoms with Gasteiger partial charge in [-0.05, 0) is 45.1 Å². The van der Waals surface area contributed by atoms with Crippen LogP contribution in [0.3, 0.4) is 0 Å². The Bertz CT molecular complexity index is 589. The predicted molar refractivity (Wildman–Crippen MR) is 90.7 cm³/mol. The first-order valence-electron chi connectivity index (χ1n) is 7.72. The van der Waals surface area contributed by atoms with Gasteiger partial charge in [-0.25, -0.2) is 0 Å². The van der Waals surface area contributed by atoms with Crippen LogP contribution < -0.4 is 5.32 Å². The van der Waals surface area contributed by atoms with Gasteiger partial charge in [0.2, 0.25) is 5.91 Å². The number of nitrogens with zero attached hydrogens (tertiary/aromatic N) is 1. The number of hydrogen-bond donors (Lipinski definition) is 2. The molecule has 2 aromatic rings. The van der Waals surface area contributed by atoms with E-state index in [4.69, 9.17) is 0 Å². The second-order valence-corrected chi connectivity index (χ2v) is 5.88. The third-order valence-corrected chi connectivity index (χ3v) is 3.93. The van der Waals surface area contributed by atoms with Crippen molar-refractivity contribution in [2.24, 2.45) is 0 Å². The van der Waals surface area contributed by atoms with Crippen LogP contribution in [0.25, 0.3) is 11.3 Å². The third-order valence-electron chi connectivity index (χ3n) is 3.93. The molecule has 1 atom stereocenters. The number of carbonyl (C=O) groups is 1. The summed E-state index contributed by atoms with van der Waals surface area (Å²) in [6, 6.07) is 14.7. The van der Waals surface area contributed by atoms with Crippen molar-refractivity contribution in [3.63, 3.8) is 0 Å². The van der Waals surface area contributed by atoms with E-state index in [1.54, 1.807) is 0 Å². The molecule has 1 aromatic carbocycles. The van der Waals surface area contributed by atoms with Crippen LogP contribution in [0.4, 0.5) is 0 Å². The number of aromatic amines is 1. The largest absolute Gasteiger partial charge is 0.358 e. The second kappa shape index (κ2) is 7.80. The van der Waals surface area contributed by atoms with E-state index in [1.807, 2.05) is 32.3 Å². The number of aryl methyl sites for hydroxylation is 1. The summed E-state index contributed by atoms with van der Waals surface area (Å²) in [5, 5.41) is 2.98. The lowest BCUT2D eigenvalue weighted by atomic mass is 10.2. The highest BCUT2D eigenvalue weighted by Crippen LogP contribution is 2.18. The lowest BCUT2D eigenvalue weighted by Crippen LogP contribution is -2.38. The zero-order valence-electron chi connectivity index (χ0n) is 13.6. The zero-order valence-corrected chi connectivity index (χ0v) is 13.6. The Kier molecular flexibility index (Phi) is 5.78. The van der Waals surface area contributed by atoms with Gasteiger partial charge in [0.15, 0.2) is 0 Å². The minimum absolute atomic E-state index is 0.101. The number of nitrogens with one attached hydrogen (secondary N) is 2. The van der Waals surface area contributed by atoms with Gasteiger partial charge in [0.25, 0.3) is 0 Å². The van der Waals surface area contributed by atoms with Crippen LogP contribution in [0.15, 0.2) is 42.5 Å². The molecule has 4 nitrogen and oxygen atoms in total. The van der Waals surface area contributed by atoms with Crippen molar-refractivity contribution in [3.05, 3.63) is 48.2 Å². The average Bonchev–Trinajstić information content (AvgIpc) is 3.00. The van der Waals surface area contributed by atoms with Gasteiger partial charge in [0.1, 0.15) is 0 Å². The van der Waals surface area contributed by atoms with E-state index in [-0.39, 0.29) is 5.91 Å². The van der Waals surface area contributed by atoms with Crippen molar-refractivity contribution in [2.75, 3.05) is 20.6 Å². The van der Waals surface area contributed by atoms with Gasteiger partial charge >= 0.3 is 0 Å². The molecule has 1 unspecified atom stereocenters. The molecule has 0 aliphatic rings. The number of carbonyl (C=O) groups excluding carboxylic acids is 1. The normalized spacial score (nSPS) is 12.4. The monoisotopic (exact) mass is 299 g/mol. The molecule has 0 bridgehead atoms. The topological polar surface area (TPSA) is 48.1 Å². The Balaban J connectivity index is 1.80. The number of rotatable bonds is 7. The van der Waals surface area contributed by atoms with Crippen molar-refractivity contribution in [3.8, 4) is 11.3 Å². The molecular weight excluding hydrogens is 274 g/mol. The predicted octanol–water partition coefficient (Wildman–Crippen LogP) is 2.68. The molecule has 0 aliphatic carbocycles. The minimum Gasteiger partial charge on any atom is -0.358 e. The molecule has 0 fully saturated rings. The number of hydrogen-bond acceptors (Lipinski definition) is 2. The number of likely N-dealkylation sites (N-methyl/N-ethyl adjacent to an activating group) is 1. The highest BCUT2D eigenvalue weighted by molar-refractivity contribution is 5.76. The summed E-state index contributed by atoms with van der Waals surface area (Å²) < 4.78 is 0. The Labute approximate surface area is 132 Å². The third kappa shape index (κ3) is 4.74. The van der Waals surface area contributed by atoms with E-state index in [2.05, 4.69) is 46.4 Å². The highest BCUT2D eigenvalue weighted by atomic mass is 16.1. The summed E-state index contributed by atoms with van der Waals surface area (Å²) in [6.45, 7) is 2.78. The molecule has 2 rings (SSSR count). The smallest absolute Gasteiger partial charge is 0.220 e. The van der Waals surface area contributed by atoms with Gasteiger partial charge in [-0.3, -0.25) is 4.79 Å². The number of amides is 1. The maximum Gasteiger partial charge on any atom is 0.220 e. The van der Waals surface area contributed by atoms with E-state index in [0.29, 0.717) is 19.0 Å². The fourth-order valence-corrected chi connectivity index (χ4v) is 2.15. The van der Waals surface area contributed by atoms with Gasteiger partial charge in [0.05, 0.1) is 0 Å². The average molecular weight is 299 g/mol. The van der Waals surface area contributed by atoms with Gasteiger partial charge in [-0.2, -0.15) is 0 Å². The molecule has 22 heavy (non-hydrogen) atoms. The van der Waals surface area contributed by atoms with Crippen LogP contribution in [0.5, 0.6) is 0 Å². The van der Waals surface area contributed by atoms with Crippen molar-refractivity contribution in [1.29, 1.82) is 0 Å². The first kappa shape index (κ1) is 16.3. The van der Waals surface area contributed by atoms with E-state index in [9.17, 15) is 4.79 Å². The van der Waals surface area contributed by atoms with Crippen LogP contribution >= 0.6 is 0 Å². The van der Waals surface area contributed by atoms with Gasteiger partial charge < -0.3 is 15.2 Å². The van der Waals surface area contributed by atoms with Gasteiger partial charge in [0, 0.05) is 30.4 Å². The highest BCUT2D eigenvalue weighted by Gasteiger charge is 2.08. The molecular formula is C18H25N3O. The second-order valence-electron chi connectivity index (χ2n) is 5.88. The molecule has 0 saturated carbocycles. The SMILES string of the molecule is CC(CNC(=O)CCc1ccc(-c2ccccc2)[nH]1)N(C)C. The maximum absolute atomic E-state index is 11.9. The van der Waals surface area contributed by atoms with Crippen molar-refractivity contribution in [2.45, 2.75) is 25.8 Å². The maximum atomic E-state index is 11.9. The van der Waals surface area contributed by atoms with Crippen molar-refractivity contribution in [1.82, 2.24) is 15.2 Å². The van der Waals surface area contributed by atoms with E-state index in [1.165, 1.54) is 0 Å². The Morgan fingerprint density at radius 2 is 1.91 bits per heavy atom. The first-order valence-corrected chi connectivity index (χ1v) is 7.72. The first-order chi connectivity index (χ1) is 10.6. The quantitative estimate of drug-likeness (QED) is 0.826. The van der Waals surface area contributed by atoms with Crippen LogP contribution in [0.2, 0.25) is 0 Å².